The molecule has 0 aromatic rings. The van der Waals surface area contributed by atoms with Crippen molar-refractivity contribution >= 4 is 0 Å². The molecule has 4 nitrogen and oxygen atoms in total. The van der Waals surface area contributed by atoms with Crippen LogP contribution in [-0.2, 0) is 18.9 Å². The Morgan fingerprint density at radius 2 is 0.955 bits per heavy atom. The number of hydrogen-bond acceptors (Lipinski definition) is 4. The fraction of sp³-hybridized carbons (Fsp3) is 0.556. The Bertz CT molecular complexity index is 364. The summed E-state index contributed by atoms with van der Waals surface area (Å²) in [5.41, 5.74) is 3.50. The van der Waals surface area contributed by atoms with E-state index in [1.54, 1.807) is 0 Å². The van der Waals surface area contributed by atoms with E-state index in [0.717, 1.165) is 22.3 Å². The summed E-state index contributed by atoms with van der Waals surface area (Å²) < 4.78 is 23.0. The SMILES string of the molecule is C=C(C)COCC(OCC(=C)C)(OCC(=C)C)OCC(=C)C. The molecule has 0 aliphatic rings. The molecule has 0 radical (unpaired) electrons. The fourth-order valence-electron chi connectivity index (χ4n) is 1.30. The number of ether oxygens (including phenoxy) is 4. The zero-order chi connectivity index (χ0) is 17.2. The van der Waals surface area contributed by atoms with Gasteiger partial charge in [0.05, 0.1) is 26.4 Å². The van der Waals surface area contributed by atoms with Crippen molar-refractivity contribution in [2.24, 2.45) is 0 Å². The van der Waals surface area contributed by atoms with Gasteiger partial charge in [-0.25, -0.2) is 0 Å². The van der Waals surface area contributed by atoms with Crippen molar-refractivity contribution in [3.05, 3.63) is 48.6 Å². The van der Waals surface area contributed by atoms with Crippen molar-refractivity contribution in [3.63, 3.8) is 0 Å². The van der Waals surface area contributed by atoms with Gasteiger partial charge in [0.25, 0.3) is 0 Å². The molecular weight excluding hydrogens is 280 g/mol. The highest BCUT2D eigenvalue weighted by molar-refractivity contribution is 4.92. The lowest BCUT2D eigenvalue weighted by Crippen LogP contribution is -2.45. The molecule has 0 N–H and O–H groups in total. The van der Waals surface area contributed by atoms with E-state index >= 15 is 0 Å². The standard InChI is InChI=1S/C18H30O4/c1-14(2)9-19-13-18(20-10-15(3)4,21-11-16(5)6)22-12-17(7)8/h1,3,5,7,9-13H2,2,4,6,8H3. The van der Waals surface area contributed by atoms with Crippen LogP contribution in [0.3, 0.4) is 0 Å². The molecule has 0 aliphatic heterocycles. The third-order valence-electron chi connectivity index (χ3n) is 2.24. The monoisotopic (exact) mass is 310 g/mol. The Kier molecular flexibility index (Phi) is 9.94. The first-order valence-electron chi connectivity index (χ1n) is 7.24. The summed E-state index contributed by atoms with van der Waals surface area (Å²) in [6.07, 6.45) is 0. The van der Waals surface area contributed by atoms with Crippen molar-refractivity contribution in [3.8, 4) is 0 Å². The van der Waals surface area contributed by atoms with Crippen LogP contribution >= 0.6 is 0 Å². The van der Waals surface area contributed by atoms with E-state index in [1.165, 1.54) is 0 Å². The molecule has 0 aromatic carbocycles. The van der Waals surface area contributed by atoms with E-state index < -0.39 is 5.97 Å². The second kappa shape index (κ2) is 10.5. The summed E-state index contributed by atoms with van der Waals surface area (Å²) in [4.78, 5) is 0. The van der Waals surface area contributed by atoms with E-state index in [1.807, 2.05) is 27.7 Å². The molecule has 0 atom stereocenters. The van der Waals surface area contributed by atoms with Crippen molar-refractivity contribution < 1.29 is 18.9 Å². The first kappa shape index (κ1) is 20.8. The van der Waals surface area contributed by atoms with Gasteiger partial charge >= 0.3 is 5.97 Å². The van der Waals surface area contributed by atoms with Crippen LogP contribution in [0.25, 0.3) is 0 Å². The molecule has 126 valence electrons. The van der Waals surface area contributed by atoms with Gasteiger partial charge in [0, 0.05) is 0 Å². The molecule has 0 saturated carbocycles. The second-order valence-corrected chi connectivity index (χ2v) is 5.87. The zero-order valence-corrected chi connectivity index (χ0v) is 14.5. The van der Waals surface area contributed by atoms with E-state index in [2.05, 4.69) is 26.3 Å². The normalized spacial score (nSPS) is 11.3. The Morgan fingerprint density at radius 1 is 0.636 bits per heavy atom. The highest BCUT2D eigenvalue weighted by Crippen LogP contribution is 2.20. The molecule has 0 unspecified atom stereocenters. The summed E-state index contributed by atoms with van der Waals surface area (Å²) in [7, 11) is 0. The van der Waals surface area contributed by atoms with Gasteiger partial charge in [-0.3, -0.25) is 0 Å². The third-order valence-corrected chi connectivity index (χ3v) is 2.24. The Morgan fingerprint density at radius 3 is 1.23 bits per heavy atom. The molecule has 22 heavy (non-hydrogen) atoms. The van der Waals surface area contributed by atoms with Gasteiger partial charge in [0.15, 0.2) is 0 Å². The molecule has 0 saturated heterocycles. The maximum absolute atomic E-state index is 5.79. The molecule has 0 heterocycles. The third kappa shape index (κ3) is 10.5. The molecule has 0 aliphatic carbocycles. The van der Waals surface area contributed by atoms with Gasteiger partial charge in [-0.1, -0.05) is 48.6 Å². The highest BCUT2D eigenvalue weighted by atomic mass is 16.9. The second-order valence-electron chi connectivity index (χ2n) is 5.87. The van der Waals surface area contributed by atoms with Crippen LogP contribution in [0.4, 0.5) is 0 Å². The van der Waals surface area contributed by atoms with Crippen molar-refractivity contribution in [1.29, 1.82) is 0 Å². The van der Waals surface area contributed by atoms with Gasteiger partial charge in [0.1, 0.15) is 6.61 Å². The average molecular weight is 310 g/mol. The minimum Gasteiger partial charge on any atom is -0.369 e. The lowest BCUT2D eigenvalue weighted by molar-refractivity contribution is -0.386. The smallest absolute Gasteiger partial charge is 0.308 e. The molecule has 0 fully saturated rings. The topological polar surface area (TPSA) is 36.9 Å². The largest absolute Gasteiger partial charge is 0.369 e. The van der Waals surface area contributed by atoms with E-state index in [9.17, 15) is 0 Å². The van der Waals surface area contributed by atoms with Crippen LogP contribution in [0.2, 0.25) is 0 Å². The summed E-state index contributed by atoms with van der Waals surface area (Å²) in [6, 6.07) is 0. The average Bonchev–Trinajstić information content (AvgIpc) is 2.39. The van der Waals surface area contributed by atoms with Crippen LogP contribution in [0, 0.1) is 0 Å². The van der Waals surface area contributed by atoms with E-state index in [-0.39, 0.29) is 6.61 Å². The van der Waals surface area contributed by atoms with Gasteiger partial charge in [0.2, 0.25) is 0 Å². The van der Waals surface area contributed by atoms with Crippen LogP contribution in [0.1, 0.15) is 27.7 Å². The predicted octanol–water partition coefficient (Wildman–Crippen LogP) is 4.01. The molecule has 0 rings (SSSR count). The van der Waals surface area contributed by atoms with Crippen LogP contribution < -0.4 is 0 Å². The van der Waals surface area contributed by atoms with Gasteiger partial charge in [-0.05, 0) is 27.7 Å². The molecular formula is C18H30O4. The summed E-state index contributed by atoms with van der Waals surface area (Å²) >= 11 is 0. The number of rotatable bonds is 13. The lowest BCUT2D eigenvalue weighted by Gasteiger charge is -2.33. The Hall–Kier alpha value is -1.20. The number of hydrogen-bond donors (Lipinski definition) is 0. The van der Waals surface area contributed by atoms with Crippen molar-refractivity contribution in [2.75, 3.05) is 33.0 Å². The molecule has 0 spiro atoms. The van der Waals surface area contributed by atoms with Crippen molar-refractivity contribution in [2.45, 2.75) is 33.7 Å². The quantitative estimate of drug-likeness (QED) is 0.380. The van der Waals surface area contributed by atoms with Crippen LogP contribution in [0.5, 0.6) is 0 Å². The highest BCUT2D eigenvalue weighted by Gasteiger charge is 2.34. The lowest BCUT2D eigenvalue weighted by atomic mass is 10.3. The van der Waals surface area contributed by atoms with E-state index in [4.69, 9.17) is 18.9 Å². The summed E-state index contributed by atoms with van der Waals surface area (Å²) in [6.45, 7) is 24.3. The predicted molar refractivity (Wildman–Crippen MR) is 90.7 cm³/mol. The summed E-state index contributed by atoms with van der Waals surface area (Å²) in [5, 5.41) is 0. The maximum Gasteiger partial charge on any atom is 0.308 e. The molecule has 4 heteroatoms. The Balaban J connectivity index is 4.98. The first-order valence-corrected chi connectivity index (χ1v) is 7.24. The zero-order valence-electron chi connectivity index (χ0n) is 14.5. The summed E-state index contributed by atoms with van der Waals surface area (Å²) in [5.74, 6) is -1.31. The van der Waals surface area contributed by atoms with E-state index in [0.29, 0.717) is 26.4 Å². The van der Waals surface area contributed by atoms with Gasteiger partial charge in [-0.15, -0.1) is 0 Å². The minimum absolute atomic E-state index is 0.119. The first-order chi connectivity index (χ1) is 10.2. The minimum atomic E-state index is -1.31. The van der Waals surface area contributed by atoms with Gasteiger partial charge in [-0.2, -0.15) is 0 Å². The van der Waals surface area contributed by atoms with Crippen molar-refractivity contribution in [1.82, 2.24) is 0 Å². The van der Waals surface area contributed by atoms with Crippen LogP contribution in [0.15, 0.2) is 48.6 Å². The molecule has 0 aromatic heterocycles. The molecule has 0 amide bonds. The Labute approximate surface area is 135 Å². The van der Waals surface area contributed by atoms with Gasteiger partial charge < -0.3 is 18.9 Å². The fourth-order valence-corrected chi connectivity index (χ4v) is 1.30. The van der Waals surface area contributed by atoms with Crippen LogP contribution in [-0.4, -0.2) is 39.0 Å². The maximum atomic E-state index is 5.79. The molecule has 0 bridgehead atoms.